The number of nitrogens with zero attached hydrogens (tertiary/aromatic N) is 1. The van der Waals surface area contributed by atoms with E-state index in [1.807, 2.05) is 0 Å². The highest BCUT2D eigenvalue weighted by atomic mass is 19.2. The minimum Gasteiger partial charge on any atom is -0.322 e. The molecule has 1 aromatic carbocycles. The lowest BCUT2D eigenvalue weighted by atomic mass is 10.0. The Hall–Kier alpha value is -2.75. The van der Waals surface area contributed by atoms with Gasteiger partial charge in [0.05, 0.1) is 5.56 Å². The second-order valence-corrected chi connectivity index (χ2v) is 5.35. The van der Waals surface area contributed by atoms with E-state index in [-0.39, 0.29) is 36.1 Å². The number of benzene rings is 1. The van der Waals surface area contributed by atoms with Crippen LogP contribution in [0.5, 0.6) is 0 Å². The quantitative estimate of drug-likeness (QED) is 0.623. The third kappa shape index (κ3) is 2.36. The molecule has 1 atom stereocenters. The Morgan fingerprint density at radius 1 is 1.30 bits per heavy atom. The summed E-state index contributed by atoms with van der Waals surface area (Å²) in [7, 11) is 0. The zero-order chi connectivity index (χ0) is 16.7. The van der Waals surface area contributed by atoms with Gasteiger partial charge in [0.1, 0.15) is 6.04 Å². The predicted octanol–water partition coefficient (Wildman–Crippen LogP) is 1.10. The molecule has 0 aromatic heterocycles. The lowest BCUT2D eigenvalue weighted by Crippen LogP contribution is -2.52. The summed E-state index contributed by atoms with van der Waals surface area (Å²) in [5.41, 5.74) is 0.116. The molecule has 1 saturated heterocycles. The van der Waals surface area contributed by atoms with Gasteiger partial charge in [-0.25, -0.2) is 8.78 Å². The SMILES string of the molecule is CC#Cc1c(F)c(F)cc2c1CN(C1CCC(=O)NC1=O)C2=O. The fourth-order valence-corrected chi connectivity index (χ4v) is 2.90. The van der Waals surface area contributed by atoms with Crippen LogP contribution in [-0.2, 0) is 16.1 Å². The molecule has 2 aliphatic heterocycles. The zero-order valence-electron chi connectivity index (χ0n) is 12.2. The first-order valence-corrected chi connectivity index (χ1v) is 7.02. The van der Waals surface area contributed by atoms with Gasteiger partial charge in [0.2, 0.25) is 11.8 Å². The number of piperidine rings is 1. The fourth-order valence-electron chi connectivity index (χ4n) is 2.90. The Kier molecular flexibility index (Phi) is 3.60. The minimum absolute atomic E-state index is 0.00588. The zero-order valence-corrected chi connectivity index (χ0v) is 12.2. The summed E-state index contributed by atoms with van der Waals surface area (Å²) >= 11 is 0. The van der Waals surface area contributed by atoms with Crippen LogP contribution in [0, 0.1) is 23.5 Å². The van der Waals surface area contributed by atoms with Crippen LogP contribution in [-0.4, -0.2) is 28.7 Å². The molecule has 1 aromatic rings. The summed E-state index contributed by atoms with van der Waals surface area (Å²) in [5, 5.41) is 2.17. The highest BCUT2D eigenvalue weighted by Crippen LogP contribution is 2.32. The maximum atomic E-state index is 13.9. The summed E-state index contributed by atoms with van der Waals surface area (Å²) in [6.07, 6.45) is 0.297. The molecule has 0 aliphatic carbocycles. The molecule has 0 radical (unpaired) electrons. The number of carbonyl (C=O) groups is 3. The standard InChI is InChI=1S/C16H12F2N2O3/c1-2-3-8-10-7-20(12-4-5-13(21)19-15(12)22)16(23)9(10)6-11(17)14(8)18/h6,12H,4-5,7H2,1H3,(H,19,21,22). The normalized spacial score (nSPS) is 20.0. The summed E-state index contributed by atoms with van der Waals surface area (Å²) in [6.45, 7) is 1.44. The van der Waals surface area contributed by atoms with E-state index in [4.69, 9.17) is 0 Å². The number of imide groups is 1. The smallest absolute Gasteiger partial charge is 0.255 e. The average molecular weight is 318 g/mol. The first kappa shape index (κ1) is 15.2. The molecule has 1 N–H and O–H groups in total. The van der Waals surface area contributed by atoms with E-state index in [0.717, 1.165) is 6.07 Å². The van der Waals surface area contributed by atoms with Gasteiger partial charge < -0.3 is 4.90 Å². The van der Waals surface area contributed by atoms with Crippen molar-refractivity contribution in [2.75, 3.05) is 0 Å². The molecule has 1 unspecified atom stereocenters. The lowest BCUT2D eigenvalue weighted by molar-refractivity contribution is -0.136. The first-order chi connectivity index (χ1) is 10.9. The summed E-state index contributed by atoms with van der Waals surface area (Å²) in [4.78, 5) is 36.8. The van der Waals surface area contributed by atoms with Crippen LogP contribution in [0.2, 0.25) is 0 Å². The van der Waals surface area contributed by atoms with Crippen LogP contribution in [0.1, 0.15) is 41.3 Å². The van der Waals surface area contributed by atoms with E-state index < -0.39 is 35.4 Å². The van der Waals surface area contributed by atoms with Crippen LogP contribution in [0.3, 0.4) is 0 Å². The number of carbonyl (C=O) groups excluding carboxylic acids is 3. The molecule has 23 heavy (non-hydrogen) atoms. The predicted molar refractivity (Wildman–Crippen MR) is 75.0 cm³/mol. The van der Waals surface area contributed by atoms with Crippen molar-refractivity contribution in [3.05, 3.63) is 34.4 Å². The lowest BCUT2D eigenvalue weighted by Gasteiger charge is -2.29. The maximum absolute atomic E-state index is 13.9. The first-order valence-electron chi connectivity index (χ1n) is 7.02. The van der Waals surface area contributed by atoms with E-state index in [0.29, 0.717) is 0 Å². The van der Waals surface area contributed by atoms with Gasteiger partial charge >= 0.3 is 0 Å². The molecule has 0 spiro atoms. The minimum atomic E-state index is -1.15. The van der Waals surface area contributed by atoms with E-state index >= 15 is 0 Å². The number of nitrogens with one attached hydrogen (secondary N) is 1. The number of rotatable bonds is 1. The van der Waals surface area contributed by atoms with Crippen molar-refractivity contribution in [3.63, 3.8) is 0 Å². The van der Waals surface area contributed by atoms with Crippen LogP contribution in [0.4, 0.5) is 8.78 Å². The molecule has 1 fully saturated rings. The van der Waals surface area contributed by atoms with Crippen molar-refractivity contribution in [1.29, 1.82) is 0 Å². The largest absolute Gasteiger partial charge is 0.322 e. The molecule has 2 aliphatic rings. The van der Waals surface area contributed by atoms with E-state index in [1.165, 1.54) is 11.8 Å². The molecule has 118 valence electrons. The summed E-state index contributed by atoms with van der Waals surface area (Å²) in [6, 6.07) is 0.000799. The van der Waals surface area contributed by atoms with Crippen LogP contribution in [0.15, 0.2) is 6.07 Å². The Bertz CT molecular complexity index is 808. The second-order valence-electron chi connectivity index (χ2n) is 5.35. The molecule has 2 heterocycles. The van der Waals surface area contributed by atoms with Crippen molar-refractivity contribution in [3.8, 4) is 11.8 Å². The number of halogens is 2. The second kappa shape index (κ2) is 5.47. The van der Waals surface area contributed by atoms with Crippen LogP contribution in [0.25, 0.3) is 0 Å². The molecular formula is C16H12F2N2O3. The van der Waals surface area contributed by atoms with E-state index in [1.54, 1.807) is 0 Å². The van der Waals surface area contributed by atoms with Crippen LogP contribution < -0.4 is 5.32 Å². The Morgan fingerprint density at radius 3 is 2.70 bits per heavy atom. The molecule has 3 rings (SSSR count). The molecule has 7 heteroatoms. The van der Waals surface area contributed by atoms with E-state index in [2.05, 4.69) is 17.2 Å². The number of amides is 3. The van der Waals surface area contributed by atoms with Crippen molar-refractivity contribution in [2.24, 2.45) is 0 Å². The Labute approximate surface area is 130 Å². The van der Waals surface area contributed by atoms with Gasteiger partial charge in [-0.1, -0.05) is 5.92 Å². The van der Waals surface area contributed by atoms with Crippen LogP contribution >= 0.6 is 0 Å². The van der Waals surface area contributed by atoms with Gasteiger partial charge in [-0.15, -0.1) is 5.92 Å². The summed E-state index contributed by atoms with van der Waals surface area (Å²) in [5.74, 6) is 1.18. The van der Waals surface area contributed by atoms with Crippen molar-refractivity contribution in [2.45, 2.75) is 32.4 Å². The van der Waals surface area contributed by atoms with Crippen molar-refractivity contribution >= 4 is 17.7 Å². The molecule has 0 saturated carbocycles. The van der Waals surface area contributed by atoms with Crippen molar-refractivity contribution < 1.29 is 23.2 Å². The third-order valence-electron chi connectivity index (χ3n) is 3.98. The maximum Gasteiger partial charge on any atom is 0.255 e. The topological polar surface area (TPSA) is 66.5 Å². The van der Waals surface area contributed by atoms with Gasteiger partial charge in [-0.05, 0) is 19.4 Å². The van der Waals surface area contributed by atoms with Crippen molar-refractivity contribution in [1.82, 2.24) is 10.2 Å². The monoisotopic (exact) mass is 318 g/mol. The molecule has 0 bridgehead atoms. The summed E-state index contributed by atoms with van der Waals surface area (Å²) < 4.78 is 27.6. The van der Waals surface area contributed by atoms with Gasteiger partial charge in [-0.3, -0.25) is 19.7 Å². The Morgan fingerprint density at radius 2 is 2.04 bits per heavy atom. The third-order valence-corrected chi connectivity index (χ3v) is 3.98. The van der Waals surface area contributed by atoms with Gasteiger partial charge in [0.25, 0.3) is 5.91 Å². The molecular weight excluding hydrogens is 306 g/mol. The Balaban J connectivity index is 2.02. The van der Waals surface area contributed by atoms with Gasteiger partial charge in [-0.2, -0.15) is 0 Å². The number of hydrogen-bond acceptors (Lipinski definition) is 3. The molecule has 3 amide bonds. The van der Waals surface area contributed by atoms with E-state index in [9.17, 15) is 23.2 Å². The molecule has 5 nitrogen and oxygen atoms in total. The van der Waals surface area contributed by atoms with Gasteiger partial charge in [0.15, 0.2) is 11.6 Å². The highest BCUT2D eigenvalue weighted by Gasteiger charge is 2.40. The highest BCUT2D eigenvalue weighted by molar-refractivity contribution is 6.05. The fraction of sp³-hybridized carbons (Fsp3) is 0.312. The number of fused-ring (bicyclic) bond motifs is 1. The number of hydrogen-bond donors (Lipinski definition) is 1. The average Bonchev–Trinajstić information content (AvgIpc) is 2.81. The van der Waals surface area contributed by atoms with Gasteiger partial charge in [0, 0.05) is 24.1 Å².